The highest BCUT2D eigenvalue weighted by atomic mass is 32.2. The van der Waals surface area contributed by atoms with Crippen molar-refractivity contribution in [3.63, 3.8) is 0 Å². The van der Waals surface area contributed by atoms with Crippen LogP contribution < -0.4 is 4.72 Å². The topological polar surface area (TPSA) is 94.7 Å². The van der Waals surface area contributed by atoms with Gasteiger partial charge in [-0.3, -0.25) is 4.57 Å². The molecule has 0 saturated heterocycles. The van der Waals surface area contributed by atoms with Crippen LogP contribution in [0.4, 0.5) is 8.78 Å². The van der Waals surface area contributed by atoms with Gasteiger partial charge in [-0.15, -0.1) is 0 Å². The third-order valence-corrected chi connectivity index (χ3v) is 7.00. The number of nitrogens with one attached hydrogen (secondary N) is 1. The molecular weight excluding hydrogens is 486 g/mol. The zero-order valence-corrected chi connectivity index (χ0v) is 19.9. The van der Waals surface area contributed by atoms with Crippen LogP contribution in [-0.4, -0.2) is 32.5 Å². The van der Waals surface area contributed by atoms with Gasteiger partial charge in [-0.2, -0.15) is 0 Å². The molecule has 1 aliphatic rings. The van der Waals surface area contributed by atoms with E-state index in [1.54, 1.807) is 29.4 Å². The van der Waals surface area contributed by atoms with Crippen molar-refractivity contribution in [2.75, 3.05) is 0 Å². The van der Waals surface area contributed by atoms with E-state index in [9.17, 15) is 17.2 Å². The minimum atomic E-state index is -2.87. The first-order valence-electron chi connectivity index (χ1n) is 11.2. The fourth-order valence-electron chi connectivity index (χ4n) is 4.41. The maximum Gasteiger partial charge on any atom is 0.202 e. The molecule has 0 radical (unpaired) electrons. The number of fused-ring (bicyclic) bond motifs is 1. The Kier molecular flexibility index (Phi) is 5.20. The van der Waals surface area contributed by atoms with Gasteiger partial charge in [0.05, 0.1) is 34.3 Å². The molecular formula is C25H20F2N6O2S. The number of aryl methyl sites for hydroxylation is 1. The SMILES string of the molecule is Cn1cnc(-c2ccc3c(c2)ncn3-c2cc(-c3ccc(F)cc3F)cc(C3(N[SH](=O)=O)CC3)n2)c1. The van der Waals surface area contributed by atoms with Gasteiger partial charge in [0.2, 0.25) is 10.9 Å². The Hall–Kier alpha value is -3.96. The number of pyridine rings is 1. The van der Waals surface area contributed by atoms with E-state index in [1.807, 2.05) is 36.0 Å². The lowest BCUT2D eigenvalue weighted by Crippen LogP contribution is -2.28. The summed E-state index contributed by atoms with van der Waals surface area (Å²) >= 11 is 0. The summed E-state index contributed by atoms with van der Waals surface area (Å²) in [5.41, 5.74) is 3.45. The number of imidazole rings is 2. The lowest BCUT2D eigenvalue weighted by Gasteiger charge is -2.17. The van der Waals surface area contributed by atoms with Gasteiger partial charge in [0.25, 0.3) is 0 Å². The Labute approximate surface area is 206 Å². The Morgan fingerprint density at radius 1 is 0.972 bits per heavy atom. The number of nitrogens with zero attached hydrogens (tertiary/aromatic N) is 5. The quantitative estimate of drug-likeness (QED) is 0.341. The van der Waals surface area contributed by atoms with Crippen LogP contribution in [0.2, 0.25) is 0 Å². The van der Waals surface area contributed by atoms with Crippen LogP contribution in [0.1, 0.15) is 18.5 Å². The molecule has 1 aliphatic carbocycles. The third kappa shape index (κ3) is 3.95. The van der Waals surface area contributed by atoms with Crippen molar-refractivity contribution < 1.29 is 17.2 Å². The van der Waals surface area contributed by atoms with Crippen molar-refractivity contribution in [3.8, 4) is 28.2 Å². The van der Waals surface area contributed by atoms with Crippen LogP contribution in [0.5, 0.6) is 0 Å². The zero-order valence-electron chi connectivity index (χ0n) is 19.0. The molecule has 0 spiro atoms. The number of hydrogen-bond donors (Lipinski definition) is 2. The molecule has 11 heteroatoms. The summed E-state index contributed by atoms with van der Waals surface area (Å²) in [6, 6.07) is 12.4. The average Bonchev–Trinajstić information content (AvgIpc) is 3.28. The molecule has 8 nitrogen and oxygen atoms in total. The molecule has 6 rings (SSSR count). The number of hydrogen-bond acceptors (Lipinski definition) is 5. The molecule has 0 atom stereocenters. The largest absolute Gasteiger partial charge is 0.340 e. The molecule has 2 aromatic carbocycles. The maximum atomic E-state index is 14.7. The summed E-state index contributed by atoms with van der Waals surface area (Å²) in [4.78, 5) is 13.7. The van der Waals surface area contributed by atoms with Gasteiger partial charge in [-0.25, -0.2) is 36.9 Å². The third-order valence-electron chi connectivity index (χ3n) is 6.39. The van der Waals surface area contributed by atoms with Gasteiger partial charge in [0.1, 0.15) is 23.8 Å². The van der Waals surface area contributed by atoms with Crippen molar-refractivity contribution in [2.24, 2.45) is 7.05 Å². The van der Waals surface area contributed by atoms with Gasteiger partial charge in [-0.05, 0) is 54.8 Å². The van der Waals surface area contributed by atoms with Crippen molar-refractivity contribution in [1.29, 1.82) is 0 Å². The second kappa shape index (κ2) is 8.32. The summed E-state index contributed by atoms with van der Waals surface area (Å²) < 4.78 is 57.5. The van der Waals surface area contributed by atoms with E-state index in [0.717, 1.165) is 22.8 Å². The minimum Gasteiger partial charge on any atom is -0.340 e. The van der Waals surface area contributed by atoms with E-state index in [-0.39, 0.29) is 5.56 Å². The number of benzene rings is 2. The maximum absolute atomic E-state index is 14.7. The first kappa shape index (κ1) is 22.5. The lowest BCUT2D eigenvalue weighted by molar-refractivity contribution is 0.564. The first-order valence-corrected chi connectivity index (χ1v) is 12.4. The summed E-state index contributed by atoms with van der Waals surface area (Å²) in [5, 5.41) is 0. The highest BCUT2D eigenvalue weighted by Crippen LogP contribution is 2.46. The van der Waals surface area contributed by atoms with Crippen LogP contribution in [0.3, 0.4) is 0 Å². The van der Waals surface area contributed by atoms with E-state index in [0.29, 0.717) is 35.4 Å². The van der Waals surface area contributed by atoms with Gasteiger partial charge >= 0.3 is 0 Å². The van der Waals surface area contributed by atoms with Crippen molar-refractivity contribution in [2.45, 2.75) is 18.4 Å². The number of halogens is 2. The Balaban J connectivity index is 1.51. The fourth-order valence-corrected chi connectivity index (χ4v) is 5.09. The van der Waals surface area contributed by atoms with Crippen LogP contribution in [0, 0.1) is 11.6 Å². The molecule has 3 heterocycles. The summed E-state index contributed by atoms with van der Waals surface area (Å²) in [5.74, 6) is -0.964. The number of aromatic nitrogens is 5. The Morgan fingerprint density at radius 2 is 1.81 bits per heavy atom. The second-order valence-corrected chi connectivity index (χ2v) is 9.65. The van der Waals surface area contributed by atoms with Gasteiger partial charge in [0.15, 0.2) is 0 Å². The first-order chi connectivity index (χ1) is 17.3. The molecule has 1 fully saturated rings. The van der Waals surface area contributed by atoms with E-state index in [1.165, 1.54) is 12.1 Å². The lowest BCUT2D eigenvalue weighted by atomic mass is 10.0. The summed E-state index contributed by atoms with van der Waals surface area (Å²) in [6.45, 7) is 0. The summed E-state index contributed by atoms with van der Waals surface area (Å²) in [6.07, 6.45) is 6.38. The predicted octanol–water partition coefficient (Wildman–Crippen LogP) is 3.87. The molecule has 3 aromatic heterocycles. The predicted molar refractivity (Wildman–Crippen MR) is 131 cm³/mol. The van der Waals surface area contributed by atoms with Gasteiger partial charge in [-0.1, -0.05) is 6.07 Å². The molecule has 182 valence electrons. The summed E-state index contributed by atoms with van der Waals surface area (Å²) in [7, 11) is -0.974. The molecule has 0 amide bonds. The highest BCUT2D eigenvalue weighted by Gasteiger charge is 2.47. The van der Waals surface area contributed by atoms with Crippen molar-refractivity contribution in [1.82, 2.24) is 28.8 Å². The van der Waals surface area contributed by atoms with Crippen molar-refractivity contribution in [3.05, 3.63) is 84.7 Å². The number of thiol groups is 1. The molecule has 1 N–H and O–H groups in total. The normalized spacial score (nSPS) is 14.6. The van der Waals surface area contributed by atoms with Crippen LogP contribution in [-0.2, 0) is 23.5 Å². The monoisotopic (exact) mass is 506 g/mol. The minimum absolute atomic E-state index is 0.186. The molecule has 0 aliphatic heterocycles. The molecule has 0 unspecified atom stereocenters. The smallest absolute Gasteiger partial charge is 0.202 e. The standard InChI is InChI=1S/C25H20F2N6O2S/c1-32-12-21(28-13-32)15-2-5-22-20(8-15)29-14-33(22)24-10-16(18-4-3-17(26)11-19(18)27)9-23(30-24)25(6-7-25)31-36(34)35/h2-5,8-14,36H,6-7H2,1H3,(H,31,34,35). The Morgan fingerprint density at radius 3 is 2.50 bits per heavy atom. The second-order valence-electron chi connectivity index (χ2n) is 8.92. The molecule has 0 bridgehead atoms. The molecule has 36 heavy (non-hydrogen) atoms. The Bertz CT molecular complexity index is 1710. The highest BCUT2D eigenvalue weighted by molar-refractivity contribution is 7.70. The fraction of sp³-hybridized carbons (Fsp3) is 0.160. The van der Waals surface area contributed by atoms with Crippen molar-refractivity contribution >= 4 is 21.9 Å². The zero-order chi connectivity index (χ0) is 25.0. The van der Waals surface area contributed by atoms with E-state index in [2.05, 4.69) is 14.7 Å². The van der Waals surface area contributed by atoms with E-state index < -0.39 is 28.1 Å². The average molecular weight is 507 g/mol. The van der Waals surface area contributed by atoms with Crippen LogP contribution in [0.25, 0.3) is 39.2 Å². The molecule has 1 saturated carbocycles. The van der Waals surface area contributed by atoms with E-state index in [4.69, 9.17) is 4.98 Å². The van der Waals surface area contributed by atoms with Gasteiger partial charge < -0.3 is 4.57 Å². The van der Waals surface area contributed by atoms with Crippen LogP contribution in [0.15, 0.2) is 67.4 Å². The number of rotatable bonds is 6. The van der Waals surface area contributed by atoms with E-state index >= 15 is 0 Å². The molecule has 5 aromatic rings. The van der Waals surface area contributed by atoms with Crippen LogP contribution >= 0.6 is 0 Å². The van der Waals surface area contributed by atoms with Gasteiger partial charge in [0, 0.05) is 30.4 Å².